The average Bonchev–Trinajstić information content (AvgIpc) is 2.90. The summed E-state index contributed by atoms with van der Waals surface area (Å²) < 4.78 is 40.3. The fourth-order valence-corrected chi connectivity index (χ4v) is 3.40. The number of carbonyl (C=O) groups is 1. The van der Waals surface area contributed by atoms with Crippen molar-refractivity contribution >= 4 is 62.1 Å². The number of alkyl halides is 3. The average molecular weight is 462 g/mol. The van der Waals surface area contributed by atoms with E-state index in [4.69, 9.17) is 11.6 Å². The molecule has 0 spiro atoms. The second-order valence-corrected chi connectivity index (χ2v) is 7.58. The second-order valence-electron chi connectivity index (χ2n) is 5.19. The van der Waals surface area contributed by atoms with Gasteiger partial charge in [0.2, 0.25) is 0 Å². The minimum absolute atomic E-state index is 0.0415. The summed E-state index contributed by atoms with van der Waals surface area (Å²) in [7, 11) is 0. The van der Waals surface area contributed by atoms with E-state index < -0.39 is 17.6 Å². The number of nitrogens with zero attached hydrogens (tertiary/aromatic N) is 1. The number of rotatable bonds is 2. The predicted octanol–water partition coefficient (Wildman–Crippen LogP) is 6.01. The van der Waals surface area contributed by atoms with Gasteiger partial charge in [0.1, 0.15) is 0 Å². The summed E-state index contributed by atoms with van der Waals surface area (Å²) >= 11 is 9.94. The van der Waals surface area contributed by atoms with Crippen molar-refractivity contribution in [3.05, 3.63) is 68.0 Å². The molecule has 0 atom stereocenters. The van der Waals surface area contributed by atoms with E-state index >= 15 is 0 Å². The SMILES string of the molecule is O=C1NC(=Nc2ccc(Cl)cc2C(F)(F)F)S/C1=C\c1ccc(Br)cc1. The molecular formula is C17H9BrClF3N2OS. The lowest BCUT2D eigenvalue weighted by atomic mass is 10.2. The van der Waals surface area contributed by atoms with Crippen LogP contribution in [0.3, 0.4) is 0 Å². The molecule has 1 N–H and O–H groups in total. The zero-order valence-corrected chi connectivity index (χ0v) is 15.9. The van der Waals surface area contributed by atoms with Crippen LogP contribution < -0.4 is 5.32 Å². The molecular weight excluding hydrogens is 453 g/mol. The lowest BCUT2D eigenvalue weighted by molar-refractivity contribution is -0.137. The van der Waals surface area contributed by atoms with Gasteiger partial charge in [-0.2, -0.15) is 13.2 Å². The normalized spacial score (nSPS) is 17.8. The number of nitrogens with one attached hydrogen (secondary N) is 1. The van der Waals surface area contributed by atoms with Crippen LogP contribution in [0.25, 0.3) is 6.08 Å². The number of amides is 1. The van der Waals surface area contributed by atoms with Gasteiger partial charge in [-0.3, -0.25) is 4.79 Å². The molecule has 1 heterocycles. The number of thioether (sulfide) groups is 1. The molecule has 1 aliphatic rings. The summed E-state index contributed by atoms with van der Waals surface area (Å²) in [6.45, 7) is 0. The van der Waals surface area contributed by atoms with Gasteiger partial charge >= 0.3 is 6.18 Å². The van der Waals surface area contributed by atoms with Gasteiger partial charge < -0.3 is 5.32 Å². The Balaban J connectivity index is 1.90. The summed E-state index contributed by atoms with van der Waals surface area (Å²) in [5, 5.41) is 2.51. The first-order chi connectivity index (χ1) is 12.2. The highest BCUT2D eigenvalue weighted by molar-refractivity contribution is 9.10. The first-order valence-electron chi connectivity index (χ1n) is 7.14. The second kappa shape index (κ2) is 7.46. The number of hydrogen-bond donors (Lipinski definition) is 1. The molecule has 0 radical (unpaired) electrons. The third-order valence-electron chi connectivity index (χ3n) is 3.30. The van der Waals surface area contributed by atoms with Crippen LogP contribution in [0.15, 0.2) is 56.8 Å². The first kappa shape index (κ1) is 19.0. The standard InChI is InChI=1S/C17H9BrClF3N2OS/c18-10-3-1-9(2-4-10)7-14-15(25)24-16(26-14)23-13-6-5-11(19)8-12(13)17(20,21)22/h1-8H,(H,23,24,25)/b14-7-. The summed E-state index contributed by atoms with van der Waals surface area (Å²) in [6.07, 6.45) is -2.96. The van der Waals surface area contributed by atoms with Crippen molar-refractivity contribution in [1.82, 2.24) is 5.32 Å². The van der Waals surface area contributed by atoms with E-state index in [1.165, 1.54) is 12.1 Å². The number of aliphatic imine (C=N–C) groups is 1. The highest BCUT2D eigenvalue weighted by atomic mass is 79.9. The number of halogens is 5. The van der Waals surface area contributed by atoms with Gasteiger partial charge in [0.15, 0.2) is 5.17 Å². The molecule has 0 saturated carbocycles. The maximum absolute atomic E-state index is 13.1. The Hall–Kier alpha value is -1.77. The van der Waals surface area contributed by atoms with Crippen LogP contribution >= 0.6 is 39.3 Å². The smallest absolute Gasteiger partial charge is 0.300 e. The molecule has 0 aliphatic carbocycles. The van der Waals surface area contributed by atoms with Crippen molar-refractivity contribution in [3.63, 3.8) is 0 Å². The molecule has 0 aromatic heterocycles. The zero-order chi connectivity index (χ0) is 18.9. The van der Waals surface area contributed by atoms with E-state index in [9.17, 15) is 18.0 Å². The Kier molecular flexibility index (Phi) is 5.45. The molecule has 1 aliphatic heterocycles. The van der Waals surface area contributed by atoms with Gasteiger partial charge in [0, 0.05) is 9.50 Å². The summed E-state index contributed by atoms with van der Waals surface area (Å²) in [4.78, 5) is 16.3. The van der Waals surface area contributed by atoms with E-state index in [2.05, 4.69) is 26.2 Å². The Morgan fingerprint density at radius 2 is 1.85 bits per heavy atom. The van der Waals surface area contributed by atoms with Gasteiger partial charge in [-0.25, -0.2) is 4.99 Å². The number of benzene rings is 2. The Bertz CT molecular complexity index is 927. The van der Waals surface area contributed by atoms with E-state index in [-0.39, 0.29) is 15.9 Å². The largest absolute Gasteiger partial charge is 0.418 e. The maximum Gasteiger partial charge on any atom is 0.418 e. The number of hydrogen-bond acceptors (Lipinski definition) is 3. The van der Waals surface area contributed by atoms with E-state index in [0.717, 1.165) is 27.9 Å². The van der Waals surface area contributed by atoms with Gasteiger partial charge in [0.05, 0.1) is 16.2 Å². The molecule has 0 unspecified atom stereocenters. The molecule has 26 heavy (non-hydrogen) atoms. The van der Waals surface area contributed by atoms with E-state index in [0.29, 0.717) is 4.91 Å². The van der Waals surface area contributed by atoms with Crippen LogP contribution in [-0.2, 0) is 11.0 Å². The molecule has 2 aromatic carbocycles. The van der Waals surface area contributed by atoms with Gasteiger partial charge in [-0.15, -0.1) is 0 Å². The molecule has 3 rings (SSSR count). The van der Waals surface area contributed by atoms with Crippen LogP contribution in [0.5, 0.6) is 0 Å². The first-order valence-corrected chi connectivity index (χ1v) is 9.13. The van der Waals surface area contributed by atoms with Crippen molar-refractivity contribution in [2.75, 3.05) is 0 Å². The third-order valence-corrected chi connectivity index (χ3v) is 4.98. The van der Waals surface area contributed by atoms with Crippen LogP contribution in [0.1, 0.15) is 11.1 Å². The topological polar surface area (TPSA) is 41.5 Å². The summed E-state index contributed by atoms with van der Waals surface area (Å²) in [5.74, 6) is -0.417. The van der Waals surface area contributed by atoms with Crippen LogP contribution in [0.2, 0.25) is 5.02 Å². The highest BCUT2D eigenvalue weighted by Crippen LogP contribution is 2.39. The van der Waals surface area contributed by atoms with Crippen LogP contribution in [-0.4, -0.2) is 11.1 Å². The predicted molar refractivity (Wildman–Crippen MR) is 101 cm³/mol. The molecule has 1 amide bonds. The van der Waals surface area contributed by atoms with Crippen molar-refractivity contribution in [2.24, 2.45) is 4.99 Å². The number of carbonyl (C=O) groups excluding carboxylic acids is 1. The van der Waals surface area contributed by atoms with Crippen LogP contribution in [0.4, 0.5) is 18.9 Å². The van der Waals surface area contributed by atoms with Gasteiger partial charge in [0.25, 0.3) is 5.91 Å². The molecule has 3 nitrogen and oxygen atoms in total. The lowest BCUT2D eigenvalue weighted by Crippen LogP contribution is -2.19. The molecule has 134 valence electrons. The highest BCUT2D eigenvalue weighted by Gasteiger charge is 2.34. The minimum atomic E-state index is -4.60. The quantitative estimate of drug-likeness (QED) is 0.556. The molecule has 1 fully saturated rings. The zero-order valence-electron chi connectivity index (χ0n) is 12.8. The Labute approximate surface area is 164 Å². The monoisotopic (exact) mass is 460 g/mol. The van der Waals surface area contributed by atoms with Crippen LogP contribution in [0, 0.1) is 0 Å². The van der Waals surface area contributed by atoms with Crippen molar-refractivity contribution in [1.29, 1.82) is 0 Å². The van der Waals surface area contributed by atoms with Gasteiger partial charge in [-0.1, -0.05) is 39.7 Å². The van der Waals surface area contributed by atoms with Crippen molar-refractivity contribution < 1.29 is 18.0 Å². The van der Waals surface area contributed by atoms with Gasteiger partial charge in [-0.05, 0) is 53.7 Å². The molecule has 0 bridgehead atoms. The van der Waals surface area contributed by atoms with E-state index in [1.54, 1.807) is 18.2 Å². The fourth-order valence-electron chi connectivity index (χ4n) is 2.13. The molecule has 1 saturated heterocycles. The maximum atomic E-state index is 13.1. The lowest BCUT2D eigenvalue weighted by Gasteiger charge is -2.10. The Morgan fingerprint density at radius 3 is 2.50 bits per heavy atom. The fraction of sp³-hybridized carbons (Fsp3) is 0.0588. The summed E-state index contributed by atoms with van der Waals surface area (Å²) in [5.41, 5.74) is -0.484. The molecule has 9 heteroatoms. The van der Waals surface area contributed by atoms with E-state index in [1.807, 2.05) is 12.1 Å². The summed E-state index contributed by atoms with van der Waals surface area (Å²) in [6, 6.07) is 10.5. The van der Waals surface area contributed by atoms with Crippen molar-refractivity contribution in [2.45, 2.75) is 6.18 Å². The van der Waals surface area contributed by atoms with Crippen molar-refractivity contribution in [3.8, 4) is 0 Å². The molecule has 2 aromatic rings. The Morgan fingerprint density at radius 1 is 1.15 bits per heavy atom. The third kappa shape index (κ3) is 4.49. The minimum Gasteiger partial charge on any atom is -0.300 e. The number of amidine groups is 1.